The standard InChI is InChI=1S/C16H18N4O3S/c1-11-2-4-12(5-3-11)14-10-24-7-6-20(14)15(21)9-19-8-13(16(22)23)17-18-19/h2-5,8,14H,6-7,9-10H2,1H3,(H,22,23). The molecule has 1 saturated heterocycles. The molecule has 1 aromatic heterocycles. The second-order valence-electron chi connectivity index (χ2n) is 5.70. The summed E-state index contributed by atoms with van der Waals surface area (Å²) in [4.78, 5) is 25.4. The quantitative estimate of drug-likeness (QED) is 0.905. The van der Waals surface area contributed by atoms with Crippen LogP contribution in [0.1, 0.15) is 27.7 Å². The minimum Gasteiger partial charge on any atom is -0.476 e. The van der Waals surface area contributed by atoms with Crippen LogP contribution in [0.3, 0.4) is 0 Å². The molecule has 0 bridgehead atoms. The first-order valence-corrected chi connectivity index (χ1v) is 8.77. The largest absolute Gasteiger partial charge is 0.476 e. The smallest absolute Gasteiger partial charge is 0.358 e. The third kappa shape index (κ3) is 3.59. The second kappa shape index (κ2) is 7.04. The molecule has 3 rings (SSSR count). The molecule has 1 aliphatic rings. The molecule has 1 amide bonds. The molecule has 1 unspecified atom stereocenters. The lowest BCUT2D eigenvalue weighted by Crippen LogP contribution is -2.42. The first-order chi connectivity index (χ1) is 11.5. The number of aromatic carboxylic acids is 1. The Hall–Kier alpha value is -2.35. The van der Waals surface area contributed by atoms with Crippen molar-refractivity contribution >= 4 is 23.6 Å². The molecule has 126 valence electrons. The summed E-state index contributed by atoms with van der Waals surface area (Å²) in [6.45, 7) is 2.70. The molecule has 0 saturated carbocycles. The Morgan fingerprint density at radius 3 is 2.75 bits per heavy atom. The van der Waals surface area contributed by atoms with Crippen molar-refractivity contribution in [1.82, 2.24) is 19.9 Å². The zero-order chi connectivity index (χ0) is 17.1. The highest BCUT2D eigenvalue weighted by Gasteiger charge is 2.28. The Balaban J connectivity index is 1.75. The number of amides is 1. The Morgan fingerprint density at radius 1 is 1.33 bits per heavy atom. The lowest BCUT2D eigenvalue weighted by Gasteiger charge is -2.35. The summed E-state index contributed by atoms with van der Waals surface area (Å²) in [5.41, 5.74) is 2.14. The molecule has 24 heavy (non-hydrogen) atoms. The van der Waals surface area contributed by atoms with Gasteiger partial charge in [-0.25, -0.2) is 9.48 Å². The van der Waals surface area contributed by atoms with E-state index >= 15 is 0 Å². The van der Waals surface area contributed by atoms with Gasteiger partial charge in [-0.05, 0) is 12.5 Å². The van der Waals surface area contributed by atoms with Crippen molar-refractivity contribution in [3.63, 3.8) is 0 Å². The predicted molar refractivity (Wildman–Crippen MR) is 89.9 cm³/mol. The van der Waals surface area contributed by atoms with E-state index in [1.807, 2.05) is 35.7 Å². The van der Waals surface area contributed by atoms with Crippen molar-refractivity contribution in [3.8, 4) is 0 Å². The average Bonchev–Trinajstić information content (AvgIpc) is 3.04. The van der Waals surface area contributed by atoms with E-state index in [1.54, 1.807) is 0 Å². The number of hydrogen-bond donors (Lipinski definition) is 1. The summed E-state index contributed by atoms with van der Waals surface area (Å²) in [5.74, 6) is 0.515. The zero-order valence-corrected chi connectivity index (χ0v) is 14.1. The van der Waals surface area contributed by atoms with Crippen molar-refractivity contribution in [2.45, 2.75) is 19.5 Å². The molecule has 8 heteroatoms. The van der Waals surface area contributed by atoms with Gasteiger partial charge >= 0.3 is 5.97 Å². The van der Waals surface area contributed by atoms with E-state index in [9.17, 15) is 9.59 Å². The van der Waals surface area contributed by atoms with Gasteiger partial charge in [0.2, 0.25) is 5.91 Å². The van der Waals surface area contributed by atoms with Crippen LogP contribution in [0.5, 0.6) is 0 Å². The van der Waals surface area contributed by atoms with E-state index in [2.05, 4.69) is 22.4 Å². The van der Waals surface area contributed by atoms with Gasteiger partial charge in [-0.2, -0.15) is 11.8 Å². The first kappa shape index (κ1) is 16.5. The number of thioether (sulfide) groups is 1. The van der Waals surface area contributed by atoms with Gasteiger partial charge in [0, 0.05) is 18.1 Å². The van der Waals surface area contributed by atoms with Gasteiger partial charge in [0.1, 0.15) is 6.54 Å². The Kier molecular flexibility index (Phi) is 4.84. The number of nitrogens with zero attached hydrogens (tertiary/aromatic N) is 4. The molecule has 0 aliphatic carbocycles. The first-order valence-electron chi connectivity index (χ1n) is 7.62. The summed E-state index contributed by atoms with van der Waals surface area (Å²) in [6.07, 6.45) is 1.28. The van der Waals surface area contributed by atoms with Crippen LogP contribution >= 0.6 is 11.8 Å². The molecule has 1 fully saturated rings. The number of hydrogen-bond acceptors (Lipinski definition) is 5. The highest BCUT2D eigenvalue weighted by molar-refractivity contribution is 7.99. The minimum absolute atomic E-state index is 0.00664. The second-order valence-corrected chi connectivity index (χ2v) is 6.84. The summed E-state index contributed by atoms with van der Waals surface area (Å²) < 4.78 is 1.28. The maximum atomic E-state index is 12.7. The lowest BCUT2D eigenvalue weighted by atomic mass is 10.0. The van der Waals surface area contributed by atoms with Crippen molar-refractivity contribution in [2.24, 2.45) is 0 Å². The maximum absolute atomic E-state index is 12.7. The van der Waals surface area contributed by atoms with Crippen LogP contribution in [-0.4, -0.2) is 54.9 Å². The van der Waals surface area contributed by atoms with Crippen LogP contribution in [0.25, 0.3) is 0 Å². The molecule has 1 N–H and O–H groups in total. The number of carboxylic acids is 1. The summed E-state index contributed by atoms with van der Waals surface area (Å²) in [7, 11) is 0. The number of rotatable bonds is 4. The lowest BCUT2D eigenvalue weighted by molar-refractivity contribution is -0.134. The fourth-order valence-electron chi connectivity index (χ4n) is 2.67. The number of benzene rings is 1. The van der Waals surface area contributed by atoms with Crippen LogP contribution < -0.4 is 0 Å². The third-order valence-corrected chi connectivity index (χ3v) is 4.99. The predicted octanol–water partition coefficient (Wildman–Crippen LogP) is 1.60. The van der Waals surface area contributed by atoms with Crippen LogP contribution in [0.4, 0.5) is 0 Å². The van der Waals surface area contributed by atoms with Crippen LogP contribution in [-0.2, 0) is 11.3 Å². The van der Waals surface area contributed by atoms with E-state index in [0.717, 1.165) is 17.1 Å². The van der Waals surface area contributed by atoms with E-state index < -0.39 is 5.97 Å². The number of carbonyl (C=O) groups is 2. The van der Waals surface area contributed by atoms with Gasteiger partial charge in [-0.15, -0.1) is 5.10 Å². The molecule has 0 radical (unpaired) electrons. The molecular weight excluding hydrogens is 328 g/mol. The Bertz CT molecular complexity index is 744. The van der Waals surface area contributed by atoms with Crippen LogP contribution in [0, 0.1) is 6.92 Å². The molecule has 1 atom stereocenters. The third-order valence-electron chi connectivity index (χ3n) is 3.97. The zero-order valence-electron chi connectivity index (χ0n) is 13.3. The van der Waals surface area contributed by atoms with Gasteiger partial charge in [0.15, 0.2) is 5.69 Å². The molecule has 0 spiro atoms. The van der Waals surface area contributed by atoms with Gasteiger partial charge in [-0.3, -0.25) is 4.79 Å². The van der Waals surface area contributed by atoms with Crippen LogP contribution in [0.15, 0.2) is 30.5 Å². The number of aryl methyl sites for hydroxylation is 1. The van der Waals surface area contributed by atoms with Crippen molar-refractivity contribution in [2.75, 3.05) is 18.1 Å². The number of carbonyl (C=O) groups excluding carboxylic acids is 1. The Labute approximate surface area is 143 Å². The molecule has 2 heterocycles. The molecule has 1 aromatic carbocycles. The molecular formula is C16H18N4O3S. The van der Waals surface area contributed by atoms with Crippen LogP contribution in [0.2, 0.25) is 0 Å². The topological polar surface area (TPSA) is 88.3 Å². The molecule has 2 aromatic rings. The van der Waals surface area contributed by atoms with Gasteiger partial charge in [-0.1, -0.05) is 35.0 Å². The number of aromatic nitrogens is 3. The van der Waals surface area contributed by atoms with Crippen molar-refractivity contribution in [1.29, 1.82) is 0 Å². The van der Waals surface area contributed by atoms with Gasteiger partial charge in [0.05, 0.1) is 12.2 Å². The summed E-state index contributed by atoms with van der Waals surface area (Å²) >= 11 is 1.83. The minimum atomic E-state index is -1.15. The maximum Gasteiger partial charge on any atom is 0.358 e. The van der Waals surface area contributed by atoms with Crippen molar-refractivity contribution in [3.05, 3.63) is 47.3 Å². The highest BCUT2D eigenvalue weighted by atomic mass is 32.2. The van der Waals surface area contributed by atoms with E-state index in [1.165, 1.54) is 16.4 Å². The summed E-state index contributed by atoms with van der Waals surface area (Å²) in [5, 5.41) is 16.1. The monoisotopic (exact) mass is 346 g/mol. The summed E-state index contributed by atoms with van der Waals surface area (Å²) in [6, 6.07) is 8.25. The van der Waals surface area contributed by atoms with E-state index in [0.29, 0.717) is 6.54 Å². The van der Waals surface area contributed by atoms with Gasteiger partial charge < -0.3 is 10.0 Å². The molecule has 1 aliphatic heterocycles. The number of carboxylic acid groups (broad SMARTS) is 1. The van der Waals surface area contributed by atoms with Gasteiger partial charge in [0.25, 0.3) is 0 Å². The fraction of sp³-hybridized carbons (Fsp3) is 0.375. The highest BCUT2D eigenvalue weighted by Crippen LogP contribution is 2.30. The SMILES string of the molecule is Cc1ccc(C2CSCCN2C(=O)Cn2cc(C(=O)O)nn2)cc1. The van der Waals surface area contributed by atoms with Crippen molar-refractivity contribution < 1.29 is 14.7 Å². The normalized spacial score (nSPS) is 17.7. The Morgan fingerprint density at radius 2 is 2.08 bits per heavy atom. The van der Waals surface area contributed by atoms with E-state index in [-0.39, 0.29) is 24.2 Å². The molecule has 7 nitrogen and oxygen atoms in total. The fourth-order valence-corrected chi connectivity index (χ4v) is 3.76. The van der Waals surface area contributed by atoms with E-state index in [4.69, 9.17) is 5.11 Å². The average molecular weight is 346 g/mol.